The van der Waals surface area contributed by atoms with Crippen LogP contribution in [0.5, 0.6) is 11.5 Å². The van der Waals surface area contributed by atoms with Crippen molar-refractivity contribution in [3.63, 3.8) is 0 Å². The second-order valence-electron chi connectivity index (χ2n) is 13.7. The summed E-state index contributed by atoms with van der Waals surface area (Å²) in [5.41, 5.74) is 5.40. The molecule has 0 saturated heterocycles. The highest BCUT2D eigenvalue weighted by Gasteiger charge is 2.26. The third kappa shape index (κ3) is 6.61. The van der Waals surface area contributed by atoms with Gasteiger partial charge < -0.3 is 20.8 Å². The molecule has 4 nitrogen and oxygen atoms in total. The molecule has 34 heavy (non-hydrogen) atoms. The standard InChI is InChI=1S/C30H48N2O2/c1-27(2,3)19-15-21(29(7,8)9)25(33)23(17-19)31-13-14-32-24-18-20(28(4,5)6)16-22(26(24)34)30(10,11)12/h15-18,31-34H,13-14H2,1-12H3. The Morgan fingerprint density at radius 1 is 0.500 bits per heavy atom. The highest BCUT2D eigenvalue weighted by molar-refractivity contribution is 5.65. The lowest BCUT2D eigenvalue weighted by atomic mass is 9.79. The number of anilines is 2. The summed E-state index contributed by atoms with van der Waals surface area (Å²) >= 11 is 0. The summed E-state index contributed by atoms with van der Waals surface area (Å²) in [6.07, 6.45) is 0. The summed E-state index contributed by atoms with van der Waals surface area (Å²) in [6.45, 7) is 27.1. The Balaban J connectivity index is 2.29. The monoisotopic (exact) mass is 468 g/mol. The summed E-state index contributed by atoms with van der Waals surface area (Å²) in [6, 6.07) is 8.37. The minimum atomic E-state index is -0.164. The fourth-order valence-electron chi connectivity index (χ4n) is 3.94. The van der Waals surface area contributed by atoms with E-state index in [1.165, 1.54) is 11.1 Å². The van der Waals surface area contributed by atoms with Crippen molar-refractivity contribution in [2.24, 2.45) is 0 Å². The minimum absolute atomic E-state index is 0.0229. The summed E-state index contributed by atoms with van der Waals surface area (Å²) in [4.78, 5) is 0. The third-order valence-corrected chi connectivity index (χ3v) is 6.32. The zero-order chi connectivity index (χ0) is 26.3. The number of benzene rings is 2. The number of rotatable bonds is 5. The minimum Gasteiger partial charge on any atom is -0.505 e. The van der Waals surface area contributed by atoms with Gasteiger partial charge in [-0.2, -0.15) is 0 Å². The molecular formula is C30H48N2O2. The van der Waals surface area contributed by atoms with Crippen LogP contribution in [0.15, 0.2) is 24.3 Å². The molecule has 0 bridgehead atoms. The summed E-state index contributed by atoms with van der Waals surface area (Å²) < 4.78 is 0. The molecular weight excluding hydrogens is 420 g/mol. The van der Waals surface area contributed by atoms with Crippen molar-refractivity contribution < 1.29 is 10.2 Å². The van der Waals surface area contributed by atoms with Crippen LogP contribution >= 0.6 is 0 Å². The number of phenolic OH excluding ortho intramolecular Hbond substituents is 2. The summed E-state index contributed by atoms with van der Waals surface area (Å²) in [7, 11) is 0. The zero-order valence-electron chi connectivity index (χ0n) is 23.6. The molecule has 2 rings (SSSR count). The predicted octanol–water partition coefficient (Wildman–Crippen LogP) is 7.81. The van der Waals surface area contributed by atoms with Crippen LogP contribution in [-0.2, 0) is 21.7 Å². The van der Waals surface area contributed by atoms with Gasteiger partial charge in [-0.3, -0.25) is 0 Å². The Bertz CT molecular complexity index is 927. The first-order chi connectivity index (χ1) is 15.2. The normalized spacial score (nSPS) is 13.2. The molecule has 0 aromatic heterocycles. The molecule has 4 heteroatoms. The molecule has 190 valence electrons. The van der Waals surface area contributed by atoms with Gasteiger partial charge in [0.15, 0.2) is 0 Å². The van der Waals surface area contributed by atoms with Crippen LogP contribution < -0.4 is 10.6 Å². The lowest BCUT2D eigenvalue weighted by Crippen LogP contribution is -2.20. The van der Waals surface area contributed by atoms with E-state index in [9.17, 15) is 10.2 Å². The third-order valence-electron chi connectivity index (χ3n) is 6.32. The fraction of sp³-hybridized carbons (Fsp3) is 0.600. The first-order valence-electron chi connectivity index (χ1n) is 12.5. The molecule has 2 aromatic carbocycles. The average molecular weight is 469 g/mol. The maximum Gasteiger partial charge on any atom is 0.142 e. The van der Waals surface area contributed by atoms with Crippen LogP contribution in [0.3, 0.4) is 0 Å². The Morgan fingerprint density at radius 2 is 0.794 bits per heavy atom. The van der Waals surface area contributed by atoms with E-state index in [-0.39, 0.29) is 21.7 Å². The van der Waals surface area contributed by atoms with Gasteiger partial charge in [0.25, 0.3) is 0 Å². The molecule has 0 heterocycles. The van der Waals surface area contributed by atoms with Crippen LogP contribution in [0.4, 0.5) is 11.4 Å². The quantitative estimate of drug-likeness (QED) is 0.267. The molecule has 0 aliphatic rings. The highest BCUT2D eigenvalue weighted by atomic mass is 16.3. The van der Waals surface area contributed by atoms with Crippen LogP contribution in [0.25, 0.3) is 0 Å². The SMILES string of the molecule is CC(C)(C)c1cc(NCCNc2cc(C(C)(C)C)cc(C(C)(C)C)c2O)c(O)c(C(C)(C)C)c1. The number of hydrogen-bond acceptors (Lipinski definition) is 4. The second-order valence-corrected chi connectivity index (χ2v) is 13.7. The van der Waals surface area contributed by atoms with Crippen molar-refractivity contribution in [2.75, 3.05) is 23.7 Å². The first kappa shape index (κ1) is 27.9. The van der Waals surface area contributed by atoms with E-state index < -0.39 is 0 Å². The van der Waals surface area contributed by atoms with Crippen molar-refractivity contribution in [3.8, 4) is 11.5 Å². The molecule has 0 atom stereocenters. The van der Waals surface area contributed by atoms with Crippen molar-refractivity contribution in [1.29, 1.82) is 0 Å². The molecule has 0 aliphatic heterocycles. The Hall–Kier alpha value is -2.36. The van der Waals surface area contributed by atoms with E-state index in [0.29, 0.717) is 24.6 Å². The largest absolute Gasteiger partial charge is 0.505 e. The number of hydrogen-bond donors (Lipinski definition) is 4. The smallest absolute Gasteiger partial charge is 0.142 e. The lowest BCUT2D eigenvalue weighted by Gasteiger charge is -2.28. The van der Waals surface area contributed by atoms with Crippen molar-refractivity contribution >= 4 is 11.4 Å². The molecule has 0 spiro atoms. The van der Waals surface area contributed by atoms with Gasteiger partial charge in [0.05, 0.1) is 11.4 Å². The van der Waals surface area contributed by atoms with Crippen LogP contribution in [-0.4, -0.2) is 23.3 Å². The summed E-state index contributed by atoms with van der Waals surface area (Å²) in [5, 5.41) is 28.9. The van der Waals surface area contributed by atoms with Gasteiger partial charge in [-0.15, -0.1) is 0 Å². The van der Waals surface area contributed by atoms with Gasteiger partial charge in [-0.05, 0) is 44.9 Å². The van der Waals surface area contributed by atoms with Crippen LogP contribution in [0.2, 0.25) is 0 Å². The van der Waals surface area contributed by atoms with Crippen LogP contribution in [0.1, 0.15) is 105 Å². The number of aromatic hydroxyl groups is 2. The topological polar surface area (TPSA) is 64.5 Å². The predicted molar refractivity (Wildman–Crippen MR) is 148 cm³/mol. The van der Waals surface area contributed by atoms with E-state index in [1.54, 1.807) is 0 Å². The Morgan fingerprint density at radius 3 is 1.03 bits per heavy atom. The molecule has 4 N–H and O–H groups in total. The molecule has 2 aromatic rings. The number of nitrogens with one attached hydrogen (secondary N) is 2. The Kier molecular flexibility index (Phi) is 7.67. The van der Waals surface area contributed by atoms with E-state index >= 15 is 0 Å². The molecule has 0 saturated carbocycles. The van der Waals surface area contributed by atoms with Crippen molar-refractivity contribution in [3.05, 3.63) is 46.5 Å². The van der Waals surface area contributed by atoms with Gasteiger partial charge in [-0.25, -0.2) is 0 Å². The van der Waals surface area contributed by atoms with E-state index in [0.717, 1.165) is 22.5 Å². The van der Waals surface area contributed by atoms with Gasteiger partial charge in [0, 0.05) is 24.2 Å². The first-order valence-corrected chi connectivity index (χ1v) is 12.5. The molecule has 0 radical (unpaired) electrons. The Labute approximate surface area is 208 Å². The van der Waals surface area contributed by atoms with E-state index in [4.69, 9.17) is 0 Å². The van der Waals surface area contributed by atoms with E-state index in [1.807, 2.05) is 0 Å². The van der Waals surface area contributed by atoms with Crippen molar-refractivity contribution in [2.45, 2.75) is 105 Å². The van der Waals surface area contributed by atoms with Gasteiger partial charge in [0.1, 0.15) is 11.5 Å². The van der Waals surface area contributed by atoms with E-state index in [2.05, 4.69) is 118 Å². The van der Waals surface area contributed by atoms with Crippen LogP contribution in [0, 0.1) is 0 Å². The van der Waals surface area contributed by atoms with Crippen molar-refractivity contribution in [1.82, 2.24) is 0 Å². The molecule has 0 aliphatic carbocycles. The van der Waals surface area contributed by atoms with Gasteiger partial charge >= 0.3 is 0 Å². The van der Waals surface area contributed by atoms with Gasteiger partial charge in [0.2, 0.25) is 0 Å². The summed E-state index contributed by atoms with van der Waals surface area (Å²) in [5.74, 6) is 0.626. The zero-order valence-corrected chi connectivity index (χ0v) is 23.6. The van der Waals surface area contributed by atoms with Gasteiger partial charge in [-0.1, -0.05) is 95.2 Å². The average Bonchev–Trinajstić information content (AvgIpc) is 2.63. The second kappa shape index (κ2) is 9.36. The maximum atomic E-state index is 11.0. The lowest BCUT2D eigenvalue weighted by molar-refractivity contribution is 0.445. The maximum absolute atomic E-state index is 11.0. The fourth-order valence-corrected chi connectivity index (χ4v) is 3.94. The number of phenols is 2. The molecule has 0 fully saturated rings. The molecule has 0 unspecified atom stereocenters. The highest BCUT2D eigenvalue weighted by Crippen LogP contribution is 2.41. The molecule has 0 amide bonds.